The van der Waals surface area contributed by atoms with Crippen LogP contribution in [0.2, 0.25) is 0 Å². The molecule has 1 atom stereocenters. The number of benzene rings is 2. The van der Waals surface area contributed by atoms with Crippen LogP contribution < -0.4 is 10.1 Å². The van der Waals surface area contributed by atoms with Crippen molar-refractivity contribution in [2.24, 2.45) is 5.92 Å². The highest BCUT2D eigenvalue weighted by Crippen LogP contribution is 2.26. The summed E-state index contributed by atoms with van der Waals surface area (Å²) in [6, 6.07) is 14.0. The Hall–Kier alpha value is -3.15. The summed E-state index contributed by atoms with van der Waals surface area (Å²) >= 11 is 0. The topological polar surface area (TPSA) is 56.1 Å². The van der Waals surface area contributed by atoms with E-state index in [-0.39, 0.29) is 17.6 Å². The largest absolute Gasteiger partial charge is 0.493 e. The van der Waals surface area contributed by atoms with Crippen molar-refractivity contribution in [1.82, 2.24) is 15.1 Å². The molecule has 27 heavy (non-hydrogen) atoms. The normalized spacial score (nSPS) is 15.7. The molecule has 6 heteroatoms. The third-order valence-electron chi connectivity index (χ3n) is 4.83. The molecule has 1 aliphatic rings. The Kier molecular flexibility index (Phi) is 4.62. The summed E-state index contributed by atoms with van der Waals surface area (Å²) in [6.07, 6.45) is 2.42. The SMILES string of the molecule is Cc1c(C(=O)NCC2COc3ccccc3C2)cnn1-c1ccc(F)cc1. The Balaban J connectivity index is 1.41. The predicted molar refractivity (Wildman–Crippen MR) is 99.7 cm³/mol. The summed E-state index contributed by atoms with van der Waals surface area (Å²) in [6.45, 7) is 2.95. The molecule has 0 fully saturated rings. The van der Waals surface area contributed by atoms with Gasteiger partial charge in [-0.05, 0) is 49.2 Å². The molecule has 2 heterocycles. The Morgan fingerprint density at radius 1 is 1.26 bits per heavy atom. The van der Waals surface area contributed by atoms with Crippen LogP contribution in [0.1, 0.15) is 21.6 Å². The molecule has 4 rings (SSSR count). The van der Waals surface area contributed by atoms with E-state index in [4.69, 9.17) is 4.74 Å². The summed E-state index contributed by atoms with van der Waals surface area (Å²) < 4.78 is 20.5. The van der Waals surface area contributed by atoms with Gasteiger partial charge in [0, 0.05) is 12.5 Å². The first-order chi connectivity index (χ1) is 13.1. The van der Waals surface area contributed by atoms with Crippen LogP contribution >= 0.6 is 0 Å². The monoisotopic (exact) mass is 365 g/mol. The van der Waals surface area contributed by atoms with E-state index in [2.05, 4.69) is 16.5 Å². The van der Waals surface area contributed by atoms with Crippen LogP contribution in [0, 0.1) is 18.7 Å². The number of nitrogens with zero attached hydrogens (tertiary/aromatic N) is 2. The van der Waals surface area contributed by atoms with E-state index in [0.717, 1.165) is 12.2 Å². The highest BCUT2D eigenvalue weighted by atomic mass is 19.1. The van der Waals surface area contributed by atoms with Gasteiger partial charge in [0.1, 0.15) is 11.6 Å². The van der Waals surface area contributed by atoms with Gasteiger partial charge in [0.2, 0.25) is 0 Å². The number of aromatic nitrogens is 2. The standard InChI is InChI=1S/C21H20FN3O2/c1-14-19(12-24-25(14)18-8-6-17(22)7-9-18)21(26)23-11-15-10-16-4-2-3-5-20(16)27-13-15/h2-9,12,15H,10-11,13H2,1H3,(H,23,26). The van der Waals surface area contributed by atoms with Crippen molar-refractivity contribution in [3.63, 3.8) is 0 Å². The summed E-state index contributed by atoms with van der Waals surface area (Å²) in [7, 11) is 0. The maximum Gasteiger partial charge on any atom is 0.254 e. The zero-order valence-corrected chi connectivity index (χ0v) is 15.0. The highest BCUT2D eigenvalue weighted by Gasteiger charge is 2.21. The van der Waals surface area contributed by atoms with E-state index in [9.17, 15) is 9.18 Å². The molecule has 1 N–H and O–H groups in total. The molecule has 1 aliphatic heterocycles. The van der Waals surface area contributed by atoms with Gasteiger partial charge in [0.05, 0.1) is 29.7 Å². The van der Waals surface area contributed by atoms with Crippen LogP contribution in [0.5, 0.6) is 5.75 Å². The lowest BCUT2D eigenvalue weighted by Gasteiger charge is -2.25. The van der Waals surface area contributed by atoms with Crippen LogP contribution in [0.25, 0.3) is 5.69 Å². The van der Waals surface area contributed by atoms with Gasteiger partial charge in [0.15, 0.2) is 0 Å². The number of nitrogens with one attached hydrogen (secondary N) is 1. The molecule has 1 aromatic heterocycles. The van der Waals surface area contributed by atoms with Gasteiger partial charge in [-0.2, -0.15) is 5.10 Å². The Bertz CT molecular complexity index is 966. The smallest absolute Gasteiger partial charge is 0.254 e. The average Bonchev–Trinajstić information content (AvgIpc) is 3.08. The summed E-state index contributed by atoms with van der Waals surface area (Å²) in [5.74, 6) is 0.685. The van der Waals surface area contributed by atoms with Gasteiger partial charge in [-0.15, -0.1) is 0 Å². The first kappa shape index (κ1) is 17.3. The van der Waals surface area contributed by atoms with Gasteiger partial charge >= 0.3 is 0 Å². The van der Waals surface area contributed by atoms with Crippen molar-refractivity contribution in [2.75, 3.05) is 13.2 Å². The fourth-order valence-electron chi connectivity index (χ4n) is 3.33. The van der Waals surface area contributed by atoms with Gasteiger partial charge < -0.3 is 10.1 Å². The van der Waals surface area contributed by atoms with E-state index in [1.54, 1.807) is 23.0 Å². The molecule has 0 saturated carbocycles. The second kappa shape index (κ2) is 7.23. The minimum absolute atomic E-state index is 0.167. The van der Waals surface area contributed by atoms with Gasteiger partial charge in [-0.3, -0.25) is 4.79 Å². The van der Waals surface area contributed by atoms with E-state index < -0.39 is 0 Å². The fourth-order valence-corrected chi connectivity index (χ4v) is 3.33. The summed E-state index contributed by atoms with van der Waals surface area (Å²) in [4.78, 5) is 12.6. The lowest BCUT2D eigenvalue weighted by atomic mass is 9.96. The van der Waals surface area contributed by atoms with E-state index in [1.807, 2.05) is 25.1 Å². The number of hydrogen-bond acceptors (Lipinski definition) is 3. The number of amides is 1. The van der Waals surface area contributed by atoms with Crippen molar-refractivity contribution in [3.05, 3.63) is 77.4 Å². The molecule has 1 amide bonds. The minimum Gasteiger partial charge on any atom is -0.493 e. The molecule has 3 aromatic rings. The van der Waals surface area contributed by atoms with E-state index in [0.29, 0.717) is 30.1 Å². The molecule has 138 valence electrons. The number of halogens is 1. The van der Waals surface area contributed by atoms with Gasteiger partial charge in [-0.1, -0.05) is 18.2 Å². The van der Waals surface area contributed by atoms with Crippen LogP contribution in [0.15, 0.2) is 54.7 Å². The number of carbonyl (C=O) groups excluding carboxylic acids is 1. The molecule has 0 spiro atoms. The van der Waals surface area contributed by atoms with Crippen molar-refractivity contribution in [3.8, 4) is 11.4 Å². The lowest BCUT2D eigenvalue weighted by Crippen LogP contribution is -2.35. The Morgan fingerprint density at radius 3 is 2.85 bits per heavy atom. The second-order valence-corrected chi connectivity index (χ2v) is 6.73. The number of rotatable bonds is 4. The fraction of sp³-hybridized carbons (Fsp3) is 0.238. The lowest BCUT2D eigenvalue weighted by molar-refractivity contribution is 0.0938. The average molecular weight is 365 g/mol. The van der Waals surface area contributed by atoms with Crippen molar-refractivity contribution >= 4 is 5.91 Å². The number of carbonyl (C=O) groups is 1. The second-order valence-electron chi connectivity index (χ2n) is 6.73. The van der Waals surface area contributed by atoms with Crippen LogP contribution in [0.3, 0.4) is 0 Å². The number of ether oxygens (including phenoxy) is 1. The minimum atomic E-state index is -0.308. The zero-order chi connectivity index (χ0) is 18.8. The van der Waals surface area contributed by atoms with Gasteiger partial charge in [-0.25, -0.2) is 9.07 Å². The van der Waals surface area contributed by atoms with E-state index in [1.165, 1.54) is 17.7 Å². The van der Waals surface area contributed by atoms with Crippen molar-refractivity contribution < 1.29 is 13.9 Å². The maximum atomic E-state index is 13.1. The molecule has 0 bridgehead atoms. The third kappa shape index (κ3) is 3.56. The molecule has 2 aromatic carbocycles. The molecule has 0 radical (unpaired) electrons. The van der Waals surface area contributed by atoms with E-state index >= 15 is 0 Å². The van der Waals surface area contributed by atoms with Crippen LogP contribution in [-0.2, 0) is 6.42 Å². The number of para-hydroxylation sites is 1. The molecule has 0 saturated heterocycles. The van der Waals surface area contributed by atoms with Crippen LogP contribution in [0.4, 0.5) is 4.39 Å². The Labute approximate surface area is 156 Å². The zero-order valence-electron chi connectivity index (χ0n) is 15.0. The van der Waals surface area contributed by atoms with Gasteiger partial charge in [0.25, 0.3) is 5.91 Å². The summed E-state index contributed by atoms with van der Waals surface area (Å²) in [5.41, 5.74) is 3.11. The Morgan fingerprint density at radius 2 is 2.04 bits per heavy atom. The summed E-state index contributed by atoms with van der Waals surface area (Å²) in [5, 5.41) is 7.25. The molecule has 0 aliphatic carbocycles. The highest BCUT2D eigenvalue weighted by molar-refractivity contribution is 5.95. The first-order valence-electron chi connectivity index (χ1n) is 8.91. The maximum absolute atomic E-state index is 13.1. The quantitative estimate of drug-likeness (QED) is 0.772. The molecule has 5 nitrogen and oxygen atoms in total. The predicted octanol–water partition coefficient (Wildman–Crippen LogP) is 3.30. The van der Waals surface area contributed by atoms with Crippen LogP contribution in [-0.4, -0.2) is 28.8 Å². The third-order valence-corrected chi connectivity index (χ3v) is 4.83. The number of hydrogen-bond donors (Lipinski definition) is 1. The molecular weight excluding hydrogens is 345 g/mol. The first-order valence-corrected chi connectivity index (χ1v) is 8.91. The van der Waals surface area contributed by atoms with Crippen molar-refractivity contribution in [1.29, 1.82) is 0 Å². The number of fused-ring (bicyclic) bond motifs is 1. The molecular formula is C21H20FN3O2. The van der Waals surface area contributed by atoms with Crippen molar-refractivity contribution in [2.45, 2.75) is 13.3 Å². The molecule has 1 unspecified atom stereocenters.